The first-order chi connectivity index (χ1) is 21.3. The number of nitrogens with zero attached hydrogens (tertiary/aromatic N) is 4. The van der Waals surface area contributed by atoms with Crippen molar-refractivity contribution in [2.45, 2.75) is 36.6 Å². The van der Waals surface area contributed by atoms with E-state index in [0.717, 1.165) is 6.07 Å². The minimum Gasteiger partial charge on any atom is -0.505 e. The smallest absolute Gasteiger partial charge is 0.351 e. The predicted octanol–water partition coefficient (Wildman–Crippen LogP) is 4.84. The Morgan fingerprint density at radius 1 is 0.978 bits per heavy atom. The van der Waals surface area contributed by atoms with Crippen molar-refractivity contribution >= 4 is 73.4 Å². The molecule has 0 saturated heterocycles. The molecule has 18 heteroatoms. The van der Waals surface area contributed by atoms with E-state index in [0.29, 0.717) is 25.7 Å². The van der Waals surface area contributed by atoms with E-state index in [1.54, 1.807) is 0 Å². The second-order valence-corrected chi connectivity index (χ2v) is 11.9. The molecule has 0 radical (unpaired) electrons. The molecule has 1 aromatic heterocycles. The highest BCUT2D eigenvalue weighted by Gasteiger charge is 2.26. The Balaban J connectivity index is 1.52. The van der Waals surface area contributed by atoms with Crippen LogP contribution in [0.25, 0.3) is 10.8 Å². The molecule has 1 fully saturated rings. The zero-order valence-corrected chi connectivity index (χ0v) is 24.5. The molecule has 16 nitrogen and oxygen atoms in total. The number of hydrogen-bond donors (Lipinski definition) is 7. The van der Waals surface area contributed by atoms with Crippen molar-refractivity contribution in [3.8, 4) is 5.75 Å². The number of benzene rings is 3. The van der Waals surface area contributed by atoms with Crippen LogP contribution in [0.5, 0.6) is 5.75 Å². The molecule has 0 amide bonds. The van der Waals surface area contributed by atoms with Crippen LogP contribution in [-0.4, -0.2) is 61.2 Å². The molecule has 7 N–H and O–H groups in total. The van der Waals surface area contributed by atoms with Crippen LogP contribution in [0.2, 0.25) is 5.02 Å². The summed E-state index contributed by atoms with van der Waals surface area (Å²) in [6.07, 6.45) is 1.93. The zero-order valence-electron chi connectivity index (χ0n) is 22.9. The minimum atomic E-state index is -4.76. The maximum absolute atomic E-state index is 12.4. The number of aromatic carboxylic acids is 1. The van der Waals surface area contributed by atoms with E-state index in [-0.39, 0.29) is 56.4 Å². The lowest BCUT2D eigenvalue weighted by Crippen LogP contribution is -2.31. The molecule has 3 aromatic carbocycles. The van der Waals surface area contributed by atoms with Crippen molar-refractivity contribution in [2.24, 2.45) is 16.1 Å². The Morgan fingerprint density at radius 2 is 1.67 bits per heavy atom. The third-order valence-corrected chi connectivity index (χ3v) is 8.29. The number of carboxylic acid groups (broad SMARTS) is 2. The lowest BCUT2D eigenvalue weighted by atomic mass is 9.86. The van der Waals surface area contributed by atoms with Crippen molar-refractivity contribution in [3.05, 3.63) is 63.5 Å². The van der Waals surface area contributed by atoms with Gasteiger partial charge in [0, 0.05) is 16.5 Å². The number of azo groups is 1. The monoisotopic (exact) mass is 657 g/mol. The fourth-order valence-electron chi connectivity index (χ4n) is 4.98. The molecule has 0 bridgehead atoms. The van der Waals surface area contributed by atoms with Gasteiger partial charge < -0.3 is 26.0 Å². The Kier molecular flexibility index (Phi) is 8.67. The fraction of sp³-hybridized carbons (Fsp3) is 0.222. The highest BCUT2D eigenvalue weighted by Crippen LogP contribution is 2.43. The number of carbonyl (C=O) groups is 2. The number of H-pyrrole nitrogens is 1. The lowest BCUT2D eigenvalue weighted by molar-refractivity contribution is -0.142. The van der Waals surface area contributed by atoms with Crippen molar-refractivity contribution in [3.63, 3.8) is 0 Å². The molecular weight excluding hydrogens is 634 g/mol. The van der Waals surface area contributed by atoms with Crippen molar-refractivity contribution < 1.29 is 37.9 Å². The predicted molar refractivity (Wildman–Crippen MR) is 161 cm³/mol. The summed E-state index contributed by atoms with van der Waals surface area (Å²) in [5.41, 5.74) is -1.28. The number of phenolic OH excluding ortho intramolecular Hbond substituents is 1. The maximum atomic E-state index is 12.4. The van der Waals surface area contributed by atoms with Gasteiger partial charge in [-0.2, -0.15) is 18.4 Å². The summed E-state index contributed by atoms with van der Waals surface area (Å²) in [7, 11) is -4.76. The van der Waals surface area contributed by atoms with Gasteiger partial charge in [-0.1, -0.05) is 17.7 Å². The second kappa shape index (κ2) is 12.5. The van der Waals surface area contributed by atoms with Gasteiger partial charge in [0.2, 0.25) is 11.9 Å². The van der Waals surface area contributed by atoms with Gasteiger partial charge in [0.25, 0.3) is 10.1 Å². The lowest BCUT2D eigenvalue weighted by Gasteiger charge is -2.26. The number of phenols is 1. The third-order valence-electron chi connectivity index (χ3n) is 7.14. The van der Waals surface area contributed by atoms with E-state index in [1.165, 1.54) is 36.4 Å². The van der Waals surface area contributed by atoms with E-state index < -0.39 is 44.3 Å². The van der Waals surface area contributed by atoms with Crippen LogP contribution in [0.15, 0.2) is 62.4 Å². The Hall–Kier alpha value is -5.13. The molecule has 0 unspecified atom stereocenters. The van der Waals surface area contributed by atoms with Crippen LogP contribution in [0, 0.1) is 5.92 Å². The van der Waals surface area contributed by atoms with Gasteiger partial charge in [-0.05, 0) is 62.1 Å². The number of aliphatic carboxylic acids is 1. The van der Waals surface area contributed by atoms with E-state index in [4.69, 9.17) is 11.6 Å². The standard InChI is InChI=1S/C27H24ClN7O9S/c28-13-3-7-17(16(11-13)24(39)40)34-35-19-8-6-15-20(45(42,43)44)10-9-18(21(15)22(19)36)30-26-31-25(32-27(41)33-26)29-14-4-1-12(2-5-14)23(37)38/h3,6-12,14,36H,1-2,4-5H2,(H,37,38)(H,39,40)(H,42,43,44)(H3,29,30,31,32,33,41). The summed E-state index contributed by atoms with van der Waals surface area (Å²) in [5.74, 6) is -3.41. The van der Waals surface area contributed by atoms with Gasteiger partial charge in [-0.15, -0.1) is 10.2 Å². The van der Waals surface area contributed by atoms with Gasteiger partial charge in [0.05, 0.1) is 22.6 Å². The maximum Gasteiger partial charge on any atom is 0.351 e. The average Bonchev–Trinajstić information content (AvgIpc) is 2.96. The van der Waals surface area contributed by atoms with Crippen molar-refractivity contribution in [1.82, 2.24) is 15.0 Å². The van der Waals surface area contributed by atoms with Gasteiger partial charge in [0.15, 0.2) is 5.75 Å². The highest BCUT2D eigenvalue weighted by molar-refractivity contribution is 7.86. The van der Waals surface area contributed by atoms with E-state index in [1.807, 2.05) is 0 Å². The number of halogens is 1. The number of aromatic hydroxyl groups is 1. The van der Waals surface area contributed by atoms with Gasteiger partial charge in [0.1, 0.15) is 16.3 Å². The van der Waals surface area contributed by atoms with Gasteiger partial charge >= 0.3 is 17.6 Å². The Morgan fingerprint density at radius 3 is 2.33 bits per heavy atom. The number of aromatic nitrogens is 3. The highest BCUT2D eigenvalue weighted by atomic mass is 35.5. The molecule has 1 heterocycles. The Labute approximate surface area is 258 Å². The second-order valence-electron chi connectivity index (χ2n) is 10.1. The number of aromatic amines is 1. The van der Waals surface area contributed by atoms with Crippen LogP contribution >= 0.6 is 11.6 Å². The van der Waals surface area contributed by atoms with E-state index in [2.05, 4.69) is 35.8 Å². The van der Waals surface area contributed by atoms with Crippen LogP contribution in [0.1, 0.15) is 36.0 Å². The molecule has 0 atom stereocenters. The first-order valence-corrected chi connectivity index (χ1v) is 15.1. The molecule has 1 aliphatic carbocycles. The summed E-state index contributed by atoms with van der Waals surface area (Å²) >= 11 is 5.88. The largest absolute Gasteiger partial charge is 0.505 e. The topological polar surface area (TPSA) is 257 Å². The molecule has 234 valence electrons. The van der Waals surface area contributed by atoms with E-state index >= 15 is 0 Å². The normalized spacial score (nSPS) is 16.9. The van der Waals surface area contributed by atoms with Crippen LogP contribution in [0.3, 0.4) is 0 Å². The third kappa shape index (κ3) is 7.00. The van der Waals surface area contributed by atoms with Crippen molar-refractivity contribution in [1.29, 1.82) is 0 Å². The van der Waals surface area contributed by atoms with Gasteiger partial charge in [-0.25, -0.2) is 9.59 Å². The average molecular weight is 658 g/mol. The number of anilines is 3. The van der Waals surface area contributed by atoms with Crippen molar-refractivity contribution in [2.75, 3.05) is 10.6 Å². The number of hydrogen-bond acceptors (Lipinski definition) is 12. The summed E-state index contributed by atoms with van der Waals surface area (Å²) in [6.45, 7) is 0. The van der Waals surface area contributed by atoms with Gasteiger partial charge in [-0.3, -0.25) is 14.3 Å². The number of rotatable bonds is 9. The number of carboxylic acids is 2. The molecule has 4 aromatic rings. The summed E-state index contributed by atoms with van der Waals surface area (Å²) in [4.78, 5) is 45.2. The number of fused-ring (bicyclic) bond motifs is 1. The molecule has 0 aliphatic heterocycles. The minimum absolute atomic E-state index is 0.0342. The quantitative estimate of drug-likeness (QED) is 0.0940. The molecule has 0 spiro atoms. The molecule has 1 aliphatic rings. The SMILES string of the molecule is O=C(O)c1cc(Cl)ccc1N=Nc1ccc2c(S(=O)(=O)O)ccc(Nc3nc(NC4CCC(C(=O)O)CC4)nc(=O)[nH]3)c2c1O. The van der Waals surface area contributed by atoms with Crippen LogP contribution < -0.4 is 16.3 Å². The molecular formula is C27H24ClN7O9S. The molecule has 1 saturated carbocycles. The zero-order chi connectivity index (χ0) is 32.5. The fourth-order valence-corrected chi connectivity index (χ4v) is 5.84. The van der Waals surface area contributed by atoms with Crippen LogP contribution in [0.4, 0.5) is 29.0 Å². The summed E-state index contributed by atoms with van der Waals surface area (Å²) in [6, 6.07) is 8.46. The summed E-state index contributed by atoms with van der Waals surface area (Å²) in [5, 5.41) is 43.5. The first kappa shape index (κ1) is 31.3. The molecule has 5 rings (SSSR count). The van der Waals surface area contributed by atoms with E-state index in [9.17, 15) is 42.7 Å². The first-order valence-electron chi connectivity index (χ1n) is 13.3. The summed E-state index contributed by atoms with van der Waals surface area (Å²) < 4.78 is 34.1. The van der Waals surface area contributed by atoms with Crippen LogP contribution in [-0.2, 0) is 14.9 Å². The number of nitrogens with one attached hydrogen (secondary N) is 3. The Bertz CT molecular complexity index is 2030. The molecule has 45 heavy (non-hydrogen) atoms.